The van der Waals surface area contributed by atoms with E-state index in [2.05, 4.69) is 5.32 Å². The van der Waals surface area contributed by atoms with Gasteiger partial charge in [0.2, 0.25) is 5.91 Å². The van der Waals surface area contributed by atoms with Crippen molar-refractivity contribution in [1.29, 1.82) is 0 Å². The largest absolute Gasteiger partial charge is 0.426 e. The number of nitrogens with one attached hydrogen (secondary N) is 1. The molecule has 7 nitrogen and oxygen atoms in total. The van der Waals surface area contributed by atoms with E-state index in [9.17, 15) is 21.6 Å². The first-order valence-electron chi connectivity index (χ1n) is 4.53. The van der Waals surface area contributed by atoms with Gasteiger partial charge in [-0.05, 0) is 18.2 Å². The summed E-state index contributed by atoms with van der Waals surface area (Å²) in [6.07, 6.45) is 0. The average Bonchev–Trinajstić information content (AvgIpc) is 2.27. The molecule has 1 aromatic carbocycles. The van der Waals surface area contributed by atoms with Crippen LogP contribution < -0.4 is 9.84 Å². The van der Waals surface area contributed by atoms with E-state index in [0.717, 1.165) is 12.1 Å². The van der Waals surface area contributed by atoms with Crippen molar-refractivity contribution in [3.63, 3.8) is 0 Å². The highest BCUT2D eigenvalue weighted by atomic mass is 35.5. The van der Waals surface area contributed by atoms with Gasteiger partial charge in [-0.2, -0.15) is 16.8 Å². The predicted molar refractivity (Wildman–Crippen MR) is 68.3 cm³/mol. The number of nitrogens with zero attached hydrogens (tertiary/aromatic N) is 1. The molecule has 0 heterocycles. The molecule has 112 valence electrons. The molecule has 0 unspecified atom stereocenters. The molecule has 20 heavy (non-hydrogen) atoms. The molecule has 12 heteroatoms. The maximum atomic E-state index is 13.0. The number of anilines is 2. The van der Waals surface area contributed by atoms with E-state index < -0.39 is 32.2 Å². The molecule has 1 N–H and O–H groups in total. The van der Waals surface area contributed by atoms with Crippen LogP contribution in [0.25, 0.3) is 0 Å². The number of hydrogen-bond donors (Lipinski definition) is 1. The minimum atomic E-state index is -5.52. The van der Waals surface area contributed by atoms with Crippen LogP contribution in [0.1, 0.15) is 6.92 Å². The number of carbonyl (C=O) groups excluding carboxylic acids is 1. The summed E-state index contributed by atoms with van der Waals surface area (Å²) in [6, 6.07) is 3.20. The summed E-state index contributed by atoms with van der Waals surface area (Å²) >= 11 is 4.80. The minimum absolute atomic E-state index is 0.232. The van der Waals surface area contributed by atoms with E-state index in [1.54, 1.807) is 0 Å². The third-order valence-electron chi connectivity index (χ3n) is 1.65. The lowest BCUT2D eigenvalue weighted by Gasteiger charge is -2.11. The van der Waals surface area contributed by atoms with Crippen LogP contribution >= 0.6 is 11.6 Å². The van der Waals surface area contributed by atoms with Gasteiger partial charge < -0.3 is 5.32 Å². The van der Waals surface area contributed by atoms with Crippen molar-refractivity contribution < 1.29 is 30.0 Å². The lowest BCUT2D eigenvalue weighted by Crippen LogP contribution is -2.17. The van der Waals surface area contributed by atoms with Crippen molar-refractivity contribution in [2.45, 2.75) is 6.92 Å². The molecule has 0 aliphatic carbocycles. The van der Waals surface area contributed by atoms with Crippen molar-refractivity contribution in [1.82, 2.24) is 0 Å². The SMILES string of the molecule is CC(=O)Nc1ccc(N(F)S(=O)(=O)F)c(Cl)c1.O=S=O. The summed E-state index contributed by atoms with van der Waals surface area (Å²) in [5.74, 6) is -0.385. The lowest BCUT2D eigenvalue weighted by atomic mass is 10.3. The Balaban J connectivity index is 0.00000110. The lowest BCUT2D eigenvalue weighted by molar-refractivity contribution is -0.114. The molecule has 0 aliphatic rings. The van der Waals surface area contributed by atoms with Crippen LogP contribution in [-0.4, -0.2) is 22.7 Å². The van der Waals surface area contributed by atoms with Crippen molar-refractivity contribution in [2.24, 2.45) is 0 Å². The van der Waals surface area contributed by atoms with Gasteiger partial charge in [-0.15, -0.1) is 0 Å². The summed E-state index contributed by atoms with van der Waals surface area (Å²) in [5.41, 5.74) is -0.445. The van der Waals surface area contributed by atoms with Crippen LogP contribution in [0.3, 0.4) is 0 Å². The maximum absolute atomic E-state index is 13.0. The smallest absolute Gasteiger partial charge is 0.326 e. The number of benzene rings is 1. The van der Waals surface area contributed by atoms with Crippen molar-refractivity contribution >= 4 is 50.9 Å². The number of hydrogen-bond acceptors (Lipinski definition) is 5. The van der Waals surface area contributed by atoms with Gasteiger partial charge >= 0.3 is 22.0 Å². The third-order valence-corrected chi connectivity index (χ3v) is 2.53. The van der Waals surface area contributed by atoms with Gasteiger partial charge in [0.25, 0.3) is 0 Å². The highest BCUT2D eigenvalue weighted by Crippen LogP contribution is 2.31. The summed E-state index contributed by atoms with van der Waals surface area (Å²) in [5, 5.41) is 1.98. The third kappa shape index (κ3) is 6.04. The van der Waals surface area contributed by atoms with Crippen LogP contribution in [0, 0.1) is 0 Å². The summed E-state index contributed by atoms with van der Waals surface area (Å²) in [4.78, 5) is 10.7. The Labute approximate surface area is 121 Å². The second kappa shape index (κ2) is 7.87. The van der Waals surface area contributed by atoms with E-state index in [1.807, 2.05) is 0 Å². The number of halogens is 3. The van der Waals surface area contributed by atoms with Gasteiger partial charge in [0.05, 0.1) is 5.02 Å². The fraction of sp³-hybridized carbons (Fsp3) is 0.125. The molecular formula is C8H7ClF2N2O5S2. The number of amides is 1. The Kier molecular flexibility index (Phi) is 7.24. The molecule has 0 atom stereocenters. The zero-order valence-corrected chi connectivity index (χ0v) is 12.1. The average molecular weight is 349 g/mol. The van der Waals surface area contributed by atoms with Crippen LogP contribution in [0.4, 0.5) is 19.7 Å². The van der Waals surface area contributed by atoms with Crippen LogP contribution in [0.2, 0.25) is 5.02 Å². The van der Waals surface area contributed by atoms with Crippen molar-refractivity contribution in [3.8, 4) is 0 Å². The summed E-state index contributed by atoms with van der Waals surface area (Å²) in [7, 11) is -5.52. The molecule has 0 aromatic heterocycles. The second-order valence-electron chi connectivity index (χ2n) is 3.07. The molecule has 1 aromatic rings. The molecule has 0 saturated carbocycles. The maximum Gasteiger partial charge on any atom is 0.426 e. The second-order valence-corrected chi connectivity index (χ2v) is 4.76. The number of rotatable bonds is 3. The first-order chi connectivity index (χ1) is 9.13. The quantitative estimate of drug-likeness (QED) is 0.659. The normalized spacial score (nSPS) is 10.0. The van der Waals surface area contributed by atoms with E-state index in [4.69, 9.17) is 20.0 Å². The predicted octanol–water partition coefficient (Wildman–Crippen LogP) is 1.53. The topological polar surface area (TPSA) is 101 Å². The van der Waals surface area contributed by atoms with E-state index in [0.29, 0.717) is 0 Å². The van der Waals surface area contributed by atoms with E-state index in [1.165, 1.54) is 13.0 Å². The molecule has 0 bridgehead atoms. The van der Waals surface area contributed by atoms with Gasteiger partial charge in [-0.1, -0.05) is 24.5 Å². The molecular weight excluding hydrogens is 342 g/mol. The van der Waals surface area contributed by atoms with E-state index >= 15 is 0 Å². The van der Waals surface area contributed by atoms with Gasteiger partial charge in [0.1, 0.15) is 5.69 Å². The molecule has 0 spiro atoms. The van der Waals surface area contributed by atoms with Crippen LogP contribution in [0.5, 0.6) is 0 Å². The summed E-state index contributed by atoms with van der Waals surface area (Å²) in [6.45, 7) is 1.25. The highest BCUT2D eigenvalue weighted by molar-refractivity contribution is 7.87. The van der Waals surface area contributed by atoms with Crippen molar-refractivity contribution in [3.05, 3.63) is 23.2 Å². The Bertz CT molecular complexity index is 634. The van der Waals surface area contributed by atoms with Gasteiger partial charge in [-0.3, -0.25) is 4.79 Å². The fourth-order valence-electron chi connectivity index (χ4n) is 1.05. The summed E-state index contributed by atoms with van der Waals surface area (Å²) < 4.78 is 61.4. The Morgan fingerprint density at radius 3 is 2.25 bits per heavy atom. The van der Waals surface area contributed by atoms with Gasteiger partial charge in [0, 0.05) is 12.6 Å². The fourth-order valence-corrected chi connectivity index (χ4v) is 1.75. The molecule has 0 fully saturated rings. The molecule has 0 radical (unpaired) electrons. The van der Waals surface area contributed by atoms with Crippen LogP contribution in [-0.2, 0) is 26.8 Å². The molecule has 1 rings (SSSR count). The van der Waals surface area contributed by atoms with Crippen LogP contribution in [0.15, 0.2) is 18.2 Å². The monoisotopic (exact) mass is 348 g/mol. The standard InChI is InChI=1S/C8H7ClF2N2O3S.O2S/c1-5(14)12-6-2-3-8(7(9)4-6)13(10)17(11,15)16;1-3-2/h2-4H,1H3,(H,12,14);. The zero-order chi connectivity index (χ0) is 15.9. The van der Waals surface area contributed by atoms with E-state index in [-0.39, 0.29) is 16.6 Å². The van der Waals surface area contributed by atoms with Gasteiger partial charge in [-0.25, -0.2) is 0 Å². The number of carbonyl (C=O) groups is 1. The Morgan fingerprint density at radius 1 is 1.40 bits per heavy atom. The van der Waals surface area contributed by atoms with Gasteiger partial charge in [0.15, 0.2) is 0 Å². The highest BCUT2D eigenvalue weighted by Gasteiger charge is 2.24. The molecule has 0 aliphatic heterocycles. The Morgan fingerprint density at radius 2 is 1.90 bits per heavy atom. The molecule has 0 saturated heterocycles. The zero-order valence-electron chi connectivity index (χ0n) is 9.67. The first-order valence-corrected chi connectivity index (χ1v) is 6.91. The minimum Gasteiger partial charge on any atom is -0.326 e. The first kappa shape index (κ1) is 18.4. The van der Waals surface area contributed by atoms with Crippen molar-refractivity contribution in [2.75, 3.05) is 9.84 Å². The molecule has 1 amide bonds. The Hall–Kier alpha value is -1.59.